The summed E-state index contributed by atoms with van der Waals surface area (Å²) in [5.74, 6) is -1.26. The van der Waals surface area contributed by atoms with Crippen molar-refractivity contribution in [2.24, 2.45) is 0 Å². The summed E-state index contributed by atoms with van der Waals surface area (Å²) in [7, 11) is -3.95. The van der Waals surface area contributed by atoms with Gasteiger partial charge in [0.25, 0.3) is 0 Å². The van der Waals surface area contributed by atoms with Gasteiger partial charge < -0.3 is 14.6 Å². The van der Waals surface area contributed by atoms with Crippen molar-refractivity contribution in [2.45, 2.75) is 42.9 Å². The predicted molar refractivity (Wildman–Crippen MR) is 87.4 cm³/mol. The highest BCUT2D eigenvalue weighted by Gasteiger charge is 2.26. The van der Waals surface area contributed by atoms with Gasteiger partial charge in [0, 0.05) is 11.6 Å². The van der Waals surface area contributed by atoms with E-state index in [1.54, 1.807) is 0 Å². The van der Waals surface area contributed by atoms with Crippen molar-refractivity contribution < 1.29 is 27.8 Å². The third-order valence-corrected chi connectivity index (χ3v) is 5.31. The molecule has 9 heteroatoms. The van der Waals surface area contributed by atoms with E-state index in [1.807, 2.05) is 0 Å². The maximum absolute atomic E-state index is 12.2. The number of carbonyl (C=O) groups is 1. The van der Waals surface area contributed by atoms with Gasteiger partial charge >= 0.3 is 5.97 Å². The largest absolute Gasteiger partial charge is 0.480 e. The van der Waals surface area contributed by atoms with Crippen molar-refractivity contribution in [3.63, 3.8) is 0 Å². The molecule has 1 aromatic carbocycles. The molecule has 0 bridgehead atoms. The molecule has 0 amide bonds. The molecule has 1 aromatic rings. The third kappa shape index (κ3) is 5.71. The quantitative estimate of drug-likeness (QED) is 0.718. The number of nitrogens with one attached hydrogen (secondary N) is 1. The van der Waals surface area contributed by atoms with Gasteiger partial charge in [0.15, 0.2) is 6.29 Å². The number of carboxylic acids is 1. The maximum Gasteiger partial charge on any atom is 0.321 e. The van der Waals surface area contributed by atoms with E-state index >= 15 is 0 Å². The fourth-order valence-electron chi connectivity index (χ4n) is 2.26. The smallest absolute Gasteiger partial charge is 0.321 e. The lowest BCUT2D eigenvalue weighted by molar-refractivity contribution is -0.165. The fraction of sp³-hybridized carbons (Fsp3) is 0.533. The van der Waals surface area contributed by atoms with Crippen molar-refractivity contribution in [1.82, 2.24) is 4.72 Å². The zero-order valence-corrected chi connectivity index (χ0v) is 14.6. The lowest BCUT2D eigenvalue weighted by Gasteiger charge is -2.23. The first-order valence-electron chi connectivity index (χ1n) is 7.62. The number of benzene rings is 1. The molecule has 1 unspecified atom stereocenters. The van der Waals surface area contributed by atoms with E-state index in [1.165, 1.54) is 24.3 Å². The first-order chi connectivity index (χ1) is 11.4. The summed E-state index contributed by atoms with van der Waals surface area (Å²) in [6.45, 7) is 0.709. The molecule has 1 fully saturated rings. The van der Waals surface area contributed by atoms with E-state index < -0.39 is 22.0 Å². The summed E-state index contributed by atoms with van der Waals surface area (Å²) in [6, 6.07) is 4.20. The van der Waals surface area contributed by atoms with Gasteiger partial charge in [-0.3, -0.25) is 4.79 Å². The van der Waals surface area contributed by atoms with Crippen molar-refractivity contribution in [3.05, 3.63) is 29.3 Å². The van der Waals surface area contributed by atoms with Crippen molar-refractivity contribution in [3.8, 4) is 0 Å². The Labute approximate surface area is 146 Å². The molecule has 1 aliphatic rings. The van der Waals surface area contributed by atoms with Gasteiger partial charge in [0.1, 0.15) is 6.04 Å². The molecule has 0 aliphatic carbocycles. The van der Waals surface area contributed by atoms with Gasteiger partial charge in [-0.15, -0.1) is 0 Å². The van der Waals surface area contributed by atoms with Crippen LogP contribution in [0, 0.1) is 0 Å². The summed E-state index contributed by atoms with van der Waals surface area (Å²) in [6.07, 6.45) is 2.39. The minimum absolute atomic E-state index is 0.00200. The molecule has 7 nitrogen and oxygen atoms in total. The van der Waals surface area contributed by atoms with Crippen LogP contribution in [0.1, 0.15) is 25.7 Å². The van der Waals surface area contributed by atoms with Gasteiger partial charge in [-0.25, -0.2) is 8.42 Å². The lowest BCUT2D eigenvalue weighted by atomic mass is 10.2. The van der Waals surface area contributed by atoms with E-state index in [4.69, 9.17) is 21.1 Å². The molecule has 0 saturated carbocycles. The summed E-state index contributed by atoms with van der Waals surface area (Å²) >= 11 is 5.72. The van der Waals surface area contributed by atoms with Crippen LogP contribution in [0.25, 0.3) is 0 Å². The van der Waals surface area contributed by atoms with E-state index in [-0.39, 0.29) is 24.2 Å². The molecular formula is C15H20ClNO6S. The third-order valence-electron chi connectivity index (χ3n) is 3.57. The standard InChI is InChI=1S/C15H20ClNO6S/c16-11-4-6-12(7-5-11)24(20,21)17-13(15(18)19)8-10-23-14-3-1-2-9-22-14/h4-7,13-14,17H,1-3,8-10H2,(H,18,19)/t13-,14?/m0/s1. The molecule has 1 heterocycles. The Kier molecular flexibility index (Phi) is 7.00. The highest BCUT2D eigenvalue weighted by molar-refractivity contribution is 7.89. The van der Waals surface area contributed by atoms with Crippen LogP contribution in [0.15, 0.2) is 29.2 Å². The Balaban J connectivity index is 1.92. The molecule has 134 valence electrons. The van der Waals surface area contributed by atoms with Gasteiger partial charge in [-0.1, -0.05) is 11.6 Å². The minimum Gasteiger partial charge on any atom is -0.480 e. The Morgan fingerprint density at radius 3 is 2.67 bits per heavy atom. The molecule has 1 saturated heterocycles. The van der Waals surface area contributed by atoms with Crippen LogP contribution < -0.4 is 4.72 Å². The molecule has 0 aromatic heterocycles. The van der Waals surface area contributed by atoms with Crippen molar-refractivity contribution in [2.75, 3.05) is 13.2 Å². The zero-order valence-electron chi connectivity index (χ0n) is 13.0. The Bertz CT molecular complexity index is 642. The Morgan fingerprint density at radius 2 is 2.08 bits per heavy atom. The van der Waals surface area contributed by atoms with E-state index in [9.17, 15) is 18.3 Å². The van der Waals surface area contributed by atoms with Crippen LogP contribution in [0.4, 0.5) is 0 Å². The SMILES string of the molecule is O=C(O)[C@H](CCOC1CCCCO1)NS(=O)(=O)c1ccc(Cl)cc1. The summed E-state index contributed by atoms with van der Waals surface area (Å²) < 4.78 is 37.5. The molecule has 2 N–H and O–H groups in total. The highest BCUT2D eigenvalue weighted by atomic mass is 35.5. The number of hydrogen-bond donors (Lipinski definition) is 2. The highest BCUT2D eigenvalue weighted by Crippen LogP contribution is 2.16. The van der Waals surface area contributed by atoms with Crippen LogP contribution >= 0.6 is 11.6 Å². The molecule has 0 radical (unpaired) electrons. The normalized spacial score (nSPS) is 19.8. The topological polar surface area (TPSA) is 102 Å². The number of aliphatic carboxylic acids is 1. The first kappa shape index (κ1) is 19.1. The lowest BCUT2D eigenvalue weighted by Crippen LogP contribution is -2.41. The minimum atomic E-state index is -3.95. The number of hydrogen-bond acceptors (Lipinski definition) is 5. The van der Waals surface area contributed by atoms with Gasteiger partial charge in [-0.2, -0.15) is 4.72 Å². The second-order valence-electron chi connectivity index (χ2n) is 5.42. The molecule has 2 atom stereocenters. The average Bonchev–Trinajstić information content (AvgIpc) is 2.55. The van der Waals surface area contributed by atoms with Crippen LogP contribution in [0.2, 0.25) is 5.02 Å². The summed E-state index contributed by atoms with van der Waals surface area (Å²) in [4.78, 5) is 11.3. The van der Waals surface area contributed by atoms with E-state index in [0.717, 1.165) is 19.3 Å². The molecule has 0 spiro atoms. The first-order valence-corrected chi connectivity index (χ1v) is 9.48. The Hall–Kier alpha value is -1.19. The number of sulfonamides is 1. The van der Waals surface area contributed by atoms with E-state index in [2.05, 4.69) is 4.72 Å². The number of ether oxygens (including phenoxy) is 2. The van der Waals surface area contributed by atoms with Gasteiger partial charge in [-0.05, 0) is 49.9 Å². The summed E-state index contributed by atoms with van der Waals surface area (Å²) in [5.41, 5.74) is 0. The molecular weight excluding hydrogens is 358 g/mol. The Morgan fingerprint density at radius 1 is 1.38 bits per heavy atom. The van der Waals surface area contributed by atoms with Crippen LogP contribution in [0.3, 0.4) is 0 Å². The molecule has 24 heavy (non-hydrogen) atoms. The van der Waals surface area contributed by atoms with Crippen molar-refractivity contribution >= 4 is 27.6 Å². The molecule has 2 rings (SSSR count). The predicted octanol–water partition coefficient (Wildman–Crippen LogP) is 2.00. The number of rotatable bonds is 8. The fourth-order valence-corrected chi connectivity index (χ4v) is 3.61. The number of carboxylic acid groups (broad SMARTS) is 1. The average molecular weight is 378 g/mol. The number of halogens is 1. The van der Waals surface area contributed by atoms with Crippen LogP contribution in [-0.2, 0) is 24.3 Å². The zero-order chi connectivity index (χ0) is 17.6. The van der Waals surface area contributed by atoms with Gasteiger partial charge in [0.05, 0.1) is 11.5 Å². The van der Waals surface area contributed by atoms with Gasteiger partial charge in [0.2, 0.25) is 10.0 Å². The second kappa shape index (κ2) is 8.77. The summed E-state index contributed by atoms with van der Waals surface area (Å²) in [5, 5.41) is 9.62. The van der Waals surface area contributed by atoms with Crippen molar-refractivity contribution in [1.29, 1.82) is 0 Å². The monoisotopic (exact) mass is 377 g/mol. The van der Waals surface area contributed by atoms with Crippen LogP contribution in [0.5, 0.6) is 0 Å². The second-order valence-corrected chi connectivity index (χ2v) is 7.57. The van der Waals surface area contributed by atoms with Crippen LogP contribution in [-0.4, -0.2) is 45.0 Å². The maximum atomic E-state index is 12.2. The molecule has 1 aliphatic heterocycles. The van der Waals surface area contributed by atoms with E-state index in [0.29, 0.717) is 11.6 Å².